The lowest BCUT2D eigenvalue weighted by molar-refractivity contribution is -0.142. The summed E-state index contributed by atoms with van der Waals surface area (Å²) in [5, 5.41) is 13.2. The molecule has 0 amide bonds. The molecule has 0 bridgehead atoms. The molecule has 124 valence electrons. The third-order valence-electron chi connectivity index (χ3n) is 3.32. The van der Waals surface area contributed by atoms with Crippen molar-refractivity contribution >= 4 is 23.4 Å². The number of carbonyl (C=O) groups excluding carboxylic acids is 1. The molecule has 8 heteroatoms. The summed E-state index contributed by atoms with van der Waals surface area (Å²) in [6, 6.07) is 9.24. The molecule has 3 aromatic rings. The summed E-state index contributed by atoms with van der Waals surface area (Å²) in [4.78, 5) is 16.3. The van der Waals surface area contributed by atoms with E-state index in [1.807, 2.05) is 37.3 Å². The highest BCUT2D eigenvalue weighted by atomic mass is 32.2. The number of pyridine rings is 1. The second kappa shape index (κ2) is 7.39. The maximum Gasteiger partial charge on any atom is 0.319 e. The van der Waals surface area contributed by atoms with Crippen LogP contribution in [-0.2, 0) is 9.53 Å². The number of hydrogen-bond acceptors (Lipinski definition) is 7. The Bertz CT molecular complexity index is 837. The largest absolute Gasteiger partial charge is 0.465 e. The summed E-state index contributed by atoms with van der Waals surface area (Å²) >= 11 is 1.38. The van der Waals surface area contributed by atoms with Crippen molar-refractivity contribution in [1.29, 1.82) is 0 Å². The Kier molecular flexibility index (Phi) is 5.05. The van der Waals surface area contributed by atoms with Crippen LogP contribution in [0.25, 0.3) is 17.2 Å². The summed E-state index contributed by atoms with van der Waals surface area (Å²) in [6.45, 7) is 4.12. The van der Waals surface area contributed by atoms with E-state index in [-0.39, 0.29) is 11.2 Å². The third-order valence-corrected chi connectivity index (χ3v) is 4.59. The number of hydrogen-bond donors (Lipinski definition) is 0. The van der Waals surface area contributed by atoms with Gasteiger partial charge in [0.2, 0.25) is 5.82 Å². The maximum atomic E-state index is 12.0. The molecule has 1 atom stereocenters. The zero-order valence-corrected chi connectivity index (χ0v) is 14.2. The van der Waals surface area contributed by atoms with Gasteiger partial charge in [-0.3, -0.25) is 9.78 Å². The van der Waals surface area contributed by atoms with Gasteiger partial charge in [0.15, 0.2) is 5.65 Å². The van der Waals surface area contributed by atoms with Gasteiger partial charge >= 0.3 is 5.97 Å². The number of thioether (sulfide) groups is 1. The molecule has 0 aliphatic heterocycles. The molecule has 0 spiro atoms. The molecule has 7 nitrogen and oxygen atoms in total. The van der Waals surface area contributed by atoms with Crippen LogP contribution < -0.4 is 0 Å². The Balaban J connectivity index is 1.92. The van der Waals surface area contributed by atoms with Gasteiger partial charge in [0, 0.05) is 6.20 Å². The molecule has 3 aromatic heterocycles. The molecular weight excluding hydrogens is 326 g/mol. The van der Waals surface area contributed by atoms with Crippen LogP contribution in [0, 0.1) is 0 Å². The molecule has 0 aliphatic carbocycles. The van der Waals surface area contributed by atoms with E-state index >= 15 is 0 Å². The molecule has 0 radical (unpaired) electrons. The summed E-state index contributed by atoms with van der Waals surface area (Å²) in [7, 11) is 0. The van der Waals surface area contributed by atoms with Crippen molar-refractivity contribution in [3.63, 3.8) is 0 Å². The van der Waals surface area contributed by atoms with Gasteiger partial charge in [0.05, 0.1) is 6.61 Å². The minimum atomic E-state index is -0.287. The average molecular weight is 343 g/mol. The average Bonchev–Trinajstić information content (AvgIpc) is 3.03. The van der Waals surface area contributed by atoms with Crippen molar-refractivity contribution < 1.29 is 9.53 Å². The van der Waals surface area contributed by atoms with Crippen LogP contribution in [-0.4, -0.2) is 42.6 Å². The second-order valence-electron chi connectivity index (χ2n) is 4.95. The molecule has 0 saturated carbocycles. The van der Waals surface area contributed by atoms with Crippen molar-refractivity contribution in [3.8, 4) is 11.5 Å². The van der Waals surface area contributed by atoms with Crippen LogP contribution in [0.2, 0.25) is 0 Å². The van der Waals surface area contributed by atoms with Crippen molar-refractivity contribution in [2.24, 2.45) is 0 Å². The van der Waals surface area contributed by atoms with Gasteiger partial charge in [-0.25, -0.2) is 0 Å². The number of ether oxygens (including phenoxy) is 1. The van der Waals surface area contributed by atoms with Crippen molar-refractivity contribution in [2.45, 2.75) is 30.5 Å². The number of rotatable bonds is 6. The molecule has 24 heavy (non-hydrogen) atoms. The molecule has 0 fully saturated rings. The quantitative estimate of drug-likeness (QED) is 0.502. The Labute approximate surface area is 143 Å². The van der Waals surface area contributed by atoms with Crippen molar-refractivity contribution in [1.82, 2.24) is 24.8 Å². The standard InChI is InChI=1S/C16H17N5O2S/c1-3-12(16(22)23-4-2)24-14-9-8-13-18-19-15(21(13)20-14)11-7-5-6-10-17-11/h5-10,12H,3-4H2,1-2H3. The first-order valence-electron chi connectivity index (χ1n) is 7.70. The first-order chi connectivity index (χ1) is 11.7. The molecule has 3 rings (SSSR count). The number of fused-ring (bicyclic) bond motifs is 1. The van der Waals surface area contributed by atoms with E-state index in [0.717, 1.165) is 0 Å². The molecular formula is C16H17N5O2S. The lowest BCUT2D eigenvalue weighted by atomic mass is 10.3. The van der Waals surface area contributed by atoms with Gasteiger partial charge in [-0.2, -0.15) is 9.61 Å². The predicted molar refractivity (Wildman–Crippen MR) is 90.6 cm³/mol. The van der Waals surface area contributed by atoms with Crippen LogP contribution >= 0.6 is 11.8 Å². The Hall–Kier alpha value is -2.48. The zero-order valence-electron chi connectivity index (χ0n) is 13.4. The van der Waals surface area contributed by atoms with E-state index in [2.05, 4.69) is 20.3 Å². The highest BCUT2D eigenvalue weighted by molar-refractivity contribution is 8.00. The van der Waals surface area contributed by atoms with Crippen molar-refractivity contribution in [2.75, 3.05) is 6.61 Å². The van der Waals surface area contributed by atoms with E-state index in [9.17, 15) is 4.79 Å². The first kappa shape index (κ1) is 16.4. The summed E-state index contributed by atoms with van der Waals surface area (Å²) in [5.74, 6) is 0.345. The SMILES string of the molecule is CCOC(=O)C(CC)Sc1ccc2nnc(-c3ccccn3)n2n1. The topological polar surface area (TPSA) is 82.3 Å². The summed E-state index contributed by atoms with van der Waals surface area (Å²) in [6.07, 6.45) is 2.36. The molecule has 0 aliphatic rings. The van der Waals surface area contributed by atoms with Crippen LogP contribution in [0.15, 0.2) is 41.6 Å². The fourth-order valence-corrected chi connectivity index (χ4v) is 3.07. The van der Waals surface area contributed by atoms with E-state index in [4.69, 9.17) is 4.74 Å². The smallest absolute Gasteiger partial charge is 0.319 e. The normalized spacial score (nSPS) is 12.2. The van der Waals surface area contributed by atoms with Gasteiger partial charge in [-0.15, -0.1) is 10.2 Å². The second-order valence-corrected chi connectivity index (χ2v) is 6.17. The minimum absolute atomic E-state index is 0.222. The predicted octanol–water partition coefficient (Wildman–Crippen LogP) is 2.62. The highest BCUT2D eigenvalue weighted by Gasteiger charge is 2.20. The highest BCUT2D eigenvalue weighted by Crippen LogP contribution is 2.25. The number of aromatic nitrogens is 5. The third kappa shape index (κ3) is 3.38. The fourth-order valence-electron chi connectivity index (χ4n) is 2.17. The zero-order chi connectivity index (χ0) is 16.9. The fraction of sp³-hybridized carbons (Fsp3) is 0.312. The summed E-state index contributed by atoms with van der Waals surface area (Å²) in [5.41, 5.74) is 1.32. The molecule has 3 heterocycles. The lowest BCUT2D eigenvalue weighted by Gasteiger charge is -2.12. The Morgan fingerprint density at radius 3 is 2.83 bits per heavy atom. The van der Waals surface area contributed by atoms with Gasteiger partial charge in [0.1, 0.15) is 16.0 Å². The molecule has 1 unspecified atom stereocenters. The number of nitrogens with zero attached hydrogens (tertiary/aromatic N) is 5. The summed E-state index contributed by atoms with van der Waals surface area (Å²) < 4.78 is 6.75. The Morgan fingerprint density at radius 1 is 1.25 bits per heavy atom. The molecule has 0 aromatic carbocycles. The van der Waals surface area contributed by atoms with Gasteiger partial charge < -0.3 is 4.74 Å². The molecule has 0 N–H and O–H groups in total. The van der Waals surface area contributed by atoms with Gasteiger partial charge in [-0.1, -0.05) is 24.8 Å². The van der Waals surface area contributed by atoms with Crippen LogP contribution in [0.3, 0.4) is 0 Å². The lowest BCUT2D eigenvalue weighted by Crippen LogP contribution is -2.19. The first-order valence-corrected chi connectivity index (χ1v) is 8.58. The van der Waals surface area contributed by atoms with E-state index < -0.39 is 0 Å². The van der Waals surface area contributed by atoms with Crippen LogP contribution in [0.4, 0.5) is 0 Å². The maximum absolute atomic E-state index is 12.0. The van der Waals surface area contributed by atoms with Gasteiger partial charge in [0.25, 0.3) is 0 Å². The monoisotopic (exact) mass is 343 g/mol. The Morgan fingerprint density at radius 2 is 2.12 bits per heavy atom. The van der Waals surface area contributed by atoms with E-state index in [0.29, 0.717) is 35.2 Å². The minimum Gasteiger partial charge on any atom is -0.465 e. The van der Waals surface area contributed by atoms with Crippen molar-refractivity contribution in [3.05, 3.63) is 36.5 Å². The number of carbonyl (C=O) groups is 1. The number of esters is 1. The van der Waals surface area contributed by atoms with E-state index in [1.165, 1.54) is 11.8 Å². The van der Waals surface area contributed by atoms with E-state index in [1.54, 1.807) is 17.6 Å². The molecule has 0 saturated heterocycles. The van der Waals surface area contributed by atoms with Crippen LogP contribution in [0.1, 0.15) is 20.3 Å². The van der Waals surface area contributed by atoms with Crippen LogP contribution in [0.5, 0.6) is 0 Å². The van der Waals surface area contributed by atoms with Gasteiger partial charge in [-0.05, 0) is 37.6 Å².